The van der Waals surface area contributed by atoms with E-state index in [-0.39, 0.29) is 5.91 Å². The zero-order valence-electron chi connectivity index (χ0n) is 19.5. The summed E-state index contributed by atoms with van der Waals surface area (Å²) in [5.41, 5.74) is 2.97. The quantitative estimate of drug-likeness (QED) is 0.620. The lowest BCUT2D eigenvalue weighted by Gasteiger charge is -2.24. The zero-order chi connectivity index (χ0) is 22.8. The molecule has 2 unspecified atom stereocenters. The molecular weight excluding hydrogens is 434 g/mol. The smallest absolute Gasteiger partial charge is 0.257 e. The van der Waals surface area contributed by atoms with Crippen LogP contribution in [0.25, 0.3) is 0 Å². The number of halogens is 1. The summed E-state index contributed by atoms with van der Waals surface area (Å²) in [7, 11) is 0. The third-order valence-electron chi connectivity index (χ3n) is 7.42. The number of carbonyl (C=O) groups is 1. The Morgan fingerprint density at radius 3 is 2.61 bits per heavy atom. The van der Waals surface area contributed by atoms with Crippen LogP contribution in [0.15, 0.2) is 36.5 Å². The molecule has 1 amide bonds. The molecule has 3 fully saturated rings. The summed E-state index contributed by atoms with van der Waals surface area (Å²) in [6.45, 7) is 9.99. The van der Waals surface area contributed by atoms with Crippen molar-refractivity contribution in [2.24, 2.45) is 11.8 Å². The van der Waals surface area contributed by atoms with Crippen molar-refractivity contribution < 1.29 is 4.79 Å². The van der Waals surface area contributed by atoms with Gasteiger partial charge < -0.3 is 20.0 Å². The van der Waals surface area contributed by atoms with Crippen molar-refractivity contribution in [2.75, 3.05) is 62.6 Å². The lowest BCUT2D eigenvalue weighted by atomic mass is 10.0. The Labute approximate surface area is 201 Å². The van der Waals surface area contributed by atoms with Crippen LogP contribution in [-0.4, -0.2) is 73.0 Å². The number of benzene rings is 1. The van der Waals surface area contributed by atoms with Gasteiger partial charge in [0.1, 0.15) is 5.82 Å². The largest absolute Gasteiger partial charge is 0.385 e. The Hall–Kier alpha value is -2.31. The summed E-state index contributed by atoms with van der Waals surface area (Å²) in [4.78, 5) is 24.8. The number of hydrogen-bond acceptors (Lipinski definition) is 5. The standard InChI is InChI=1S/C26H34ClN5O/c1-19-7-8-22(14-24(19)27)28-10-5-11-30-15-20-17-32(18-21(20)16-30)26(33)23-6-4-9-29-25(23)31-12-2-3-13-31/h4,6-9,14,20-21,28H,2-3,5,10-13,15-18H2,1H3. The number of hydrogen-bond donors (Lipinski definition) is 1. The summed E-state index contributed by atoms with van der Waals surface area (Å²) in [5.74, 6) is 2.21. The van der Waals surface area contributed by atoms with E-state index in [2.05, 4.69) is 37.1 Å². The highest BCUT2D eigenvalue weighted by molar-refractivity contribution is 6.31. The van der Waals surface area contributed by atoms with Crippen LogP contribution < -0.4 is 10.2 Å². The third-order valence-corrected chi connectivity index (χ3v) is 7.83. The zero-order valence-corrected chi connectivity index (χ0v) is 20.2. The third kappa shape index (κ3) is 4.97. The molecule has 176 valence electrons. The summed E-state index contributed by atoms with van der Waals surface area (Å²) in [6.07, 6.45) is 5.27. The average Bonchev–Trinajstić information content (AvgIpc) is 3.55. The normalized spacial score (nSPS) is 22.7. The molecule has 2 atom stereocenters. The molecule has 1 aromatic heterocycles. The maximum Gasteiger partial charge on any atom is 0.257 e. The van der Waals surface area contributed by atoms with Crippen molar-refractivity contribution in [2.45, 2.75) is 26.2 Å². The van der Waals surface area contributed by atoms with Gasteiger partial charge >= 0.3 is 0 Å². The highest BCUT2D eigenvalue weighted by Gasteiger charge is 2.42. The molecule has 33 heavy (non-hydrogen) atoms. The molecule has 5 rings (SSSR count). The fourth-order valence-electron chi connectivity index (χ4n) is 5.59. The maximum atomic E-state index is 13.4. The van der Waals surface area contributed by atoms with E-state index < -0.39 is 0 Å². The van der Waals surface area contributed by atoms with E-state index in [9.17, 15) is 4.79 Å². The molecule has 3 aliphatic heterocycles. The molecule has 1 N–H and O–H groups in total. The Bertz CT molecular complexity index is 978. The number of nitrogens with zero attached hydrogens (tertiary/aromatic N) is 4. The van der Waals surface area contributed by atoms with Crippen molar-refractivity contribution in [3.05, 3.63) is 52.7 Å². The topological polar surface area (TPSA) is 51.7 Å². The van der Waals surface area contributed by atoms with Crippen molar-refractivity contribution in [3.8, 4) is 0 Å². The number of rotatable bonds is 7. The second-order valence-corrected chi connectivity index (χ2v) is 10.2. The first-order valence-electron chi connectivity index (χ1n) is 12.3. The summed E-state index contributed by atoms with van der Waals surface area (Å²) >= 11 is 6.22. The minimum absolute atomic E-state index is 0.159. The maximum absolute atomic E-state index is 13.4. The Morgan fingerprint density at radius 1 is 1.12 bits per heavy atom. The van der Waals surface area contributed by atoms with E-state index >= 15 is 0 Å². The first kappa shape index (κ1) is 22.5. The highest BCUT2D eigenvalue weighted by Crippen LogP contribution is 2.33. The lowest BCUT2D eigenvalue weighted by molar-refractivity contribution is 0.0774. The molecule has 0 bridgehead atoms. The van der Waals surface area contributed by atoms with E-state index in [4.69, 9.17) is 11.6 Å². The van der Waals surface area contributed by atoms with E-state index in [1.165, 1.54) is 12.8 Å². The number of pyridine rings is 1. The van der Waals surface area contributed by atoms with Crippen LogP contribution in [0.3, 0.4) is 0 Å². The number of carbonyl (C=O) groups excluding carboxylic acids is 1. The van der Waals surface area contributed by atoms with Crippen molar-refractivity contribution in [3.63, 3.8) is 0 Å². The van der Waals surface area contributed by atoms with Gasteiger partial charge in [0.2, 0.25) is 0 Å². The van der Waals surface area contributed by atoms with E-state index in [0.717, 1.165) is 86.4 Å². The highest BCUT2D eigenvalue weighted by atomic mass is 35.5. The van der Waals surface area contributed by atoms with Gasteiger partial charge in [-0.3, -0.25) is 4.79 Å². The van der Waals surface area contributed by atoms with Crippen LogP contribution in [0, 0.1) is 18.8 Å². The molecule has 0 aliphatic carbocycles. The van der Waals surface area contributed by atoms with Crippen molar-refractivity contribution >= 4 is 29.0 Å². The van der Waals surface area contributed by atoms with Crippen LogP contribution in [0.1, 0.15) is 35.2 Å². The molecular formula is C26H34ClN5O. The number of nitrogens with one attached hydrogen (secondary N) is 1. The van der Waals surface area contributed by atoms with Crippen LogP contribution in [0.5, 0.6) is 0 Å². The number of anilines is 2. The average molecular weight is 468 g/mol. The van der Waals surface area contributed by atoms with Crippen LogP contribution in [-0.2, 0) is 0 Å². The monoisotopic (exact) mass is 467 g/mol. The molecule has 0 spiro atoms. The number of amides is 1. The van der Waals surface area contributed by atoms with Gasteiger partial charge in [0.15, 0.2) is 0 Å². The van der Waals surface area contributed by atoms with E-state index in [1.807, 2.05) is 31.3 Å². The molecule has 6 nitrogen and oxygen atoms in total. The van der Waals surface area contributed by atoms with E-state index in [1.54, 1.807) is 0 Å². The van der Waals surface area contributed by atoms with Gasteiger partial charge in [-0.15, -0.1) is 0 Å². The lowest BCUT2D eigenvalue weighted by Crippen LogP contribution is -2.35. The molecule has 7 heteroatoms. The Balaban J connectivity index is 1.09. The second-order valence-electron chi connectivity index (χ2n) is 9.80. The molecule has 0 radical (unpaired) electrons. The van der Waals surface area contributed by atoms with Crippen molar-refractivity contribution in [1.82, 2.24) is 14.8 Å². The molecule has 3 saturated heterocycles. The van der Waals surface area contributed by atoms with Gasteiger partial charge in [-0.05, 0) is 74.4 Å². The summed E-state index contributed by atoms with van der Waals surface area (Å²) < 4.78 is 0. The molecule has 0 saturated carbocycles. The fourth-order valence-corrected chi connectivity index (χ4v) is 5.77. The van der Waals surface area contributed by atoms with Gasteiger partial charge in [0, 0.05) is 62.7 Å². The van der Waals surface area contributed by atoms with Gasteiger partial charge in [0.05, 0.1) is 5.56 Å². The van der Waals surface area contributed by atoms with Gasteiger partial charge in [0.25, 0.3) is 5.91 Å². The Morgan fingerprint density at radius 2 is 1.88 bits per heavy atom. The molecule has 1 aromatic carbocycles. The van der Waals surface area contributed by atoms with Crippen molar-refractivity contribution in [1.29, 1.82) is 0 Å². The van der Waals surface area contributed by atoms with Crippen LogP contribution >= 0.6 is 11.6 Å². The van der Waals surface area contributed by atoms with Crippen LogP contribution in [0.2, 0.25) is 5.02 Å². The molecule has 2 aromatic rings. The van der Waals surface area contributed by atoms with Crippen LogP contribution in [0.4, 0.5) is 11.5 Å². The first-order valence-corrected chi connectivity index (χ1v) is 12.7. The van der Waals surface area contributed by atoms with E-state index in [0.29, 0.717) is 11.8 Å². The second kappa shape index (κ2) is 9.90. The number of aryl methyl sites for hydroxylation is 1. The van der Waals surface area contributed by atoms with Gasteiger partial charge in [-0.1, -0.05) is 17.7 Å². The SMILES string of the molecule is Cc1ccc(NCCCN2CC3CN(C(=O)c4cccnc4N4CCCC4)CC3C2)cc1Cl. The summed E-state index contributed by atoms with van der Waals surface area (Å²) in [5, 5.41) is 4.29. The minimum Gasteiger partial charge on any atom is -0.385 e. The molecule has 4 heterocycles. The van der Waals surface area contributed by atoms with Gasteiger partial charge in [-0.25, -0.2) is 4.98 Å². The Kier molecular flexibility index (Phi) is 6.74. The first-order chi connectivity index (χ1) is 16.1. The predicted molar refractivity (Wildman–Crippen MR) is 134 cm³/mol. The minimum atomic E-state index is 0.159. The number of aromatic nitrogens is 1. The van der Waals surface area contributed by atoms with Gasteiger partial charge in [-0.2, -0.15) is 0 Å². The molecule has 3 aliphatic rings. The fraction of sp³-hybridized carbons (Fsp3) is 0.538. The number of fused-ring (bicyclic) bond motifs is 1. The predicted octanol–water partition coefficient (Wildman–Crippen LogP) is 4.15. The summed E-state index contributed by atoms with van der Waals surface area (Å²) in [6, 6.07) is 9.99. The number of likely N-dealkylation sites (tertiary alicyclic amines) is 2.